The van der Waals surface area contributed by atoms with Gasteiger partial charge in [-0.25, -0.2) is 9.97 Å². The van der Waals surface area contributed by atoms with Crippen molar-refractivity contribution >= 4 is 17.2 Å². The maximum atomic E-state index is 12.3. The fourth-order valence-corrected chi connectivity index (χ4v) is 5.15. The molecule has 5 nitrogen and oxygen atoms in total. The molecule has 2 bridgehead atoms. The molecule has 4 rings (SSSR count). The van der Waals surface area contributed by atoms with Crippen molar-refractivity contribution in [2.24, 2.45) is 11.8 Å². The average molecular weight is 383 g/mol. The number of piperazine rings is 1. The summed E-state index contributed by atoms with van der Waals surface area (Å²) in [5, 5.41) is 0. The van der Waals surface area contributed by atoms with Gasteiger partial charge < -0.3 is 4.90 Å². The van der Waals surface area contributed by atoms with Crippen molar-refractivity contribution in [3.63, 3.8) is 0 Å². The fraction of sp³-hybridized carbons (Fsp3) is 0.696. The highest BCUT2D eigenvalue weighted by Crippen LogP contribution is 2.36. The quantitative estimate of drug-likeness (QED) is 0.772. The zero-order valence-electron chi connectivity index (χ0n) is 17.8. The molecule has 3 heterocycles. The van der Waals surface area contributed by atoms with Crippen LogP contribution in [0.25, 0.3) is 5.57 Å². The van der Waals surface area contributed by atoms with E-state index in [1.807, 2.05) is 20.0 Å². The van der Waals surface area contributed by atoms with E-state index in [0.29, 0.717) is 23.9 Å². The SMILES string of the molecule is CC(C)C(=O)C1CC=C(c2nccc(N3C4CCC3CN(C(C)C)C4)n2)CC1. The number of ketones is 1. The number of carbonyl (C=O) groups is 1. The lowest BCUT2D eigenvalue weighted by atomic mass is 9.83. The highest BCUT2D eigenvalue weighted by molar-refractivity contribution is 5.84. The van der Waals surface area contributed by atoms with Gasteiger partial charge in [0.2, 0.25) is 0 Å². The number of hydrogen-bond acceptors (Lipinski definition) is 5. The number of Topliss-reactive ketones (excluding diaryl/α,β-unsaturated/α-hetero) is 1. The Balaban J connectivity index is 1.50. The Hall–Kier alpha value is -1.75. The molecule has 0 radical (unpaired) electrons. The van der Waals surface area contributed by atoms with Crippen molar-refractivity contribution in [3.05, 3.63) is 24.2 Å². The lowest BCUT2D eigenvalue weighted by Gasteiger charge is -2.43. The van der Waals surface area contributed by atoms with Crippen LogP contribution in [-0.2, 0) is 4.79 Å². The standard InChI is InChI=1S/C23H34N4O/c1-15(2)22(28)17-5-7-18(8-6-17)23-24-12-11-21(25-23)27-19-9-10-20(27)14-26(13-19)16(3)4/h7,11-12,15-17,19-20H,5-6,8-10,13-14H2,1-4H3. The summed E-state index contributed by atoms with van der Waals surface area (Å²) in [7, 11) is 0. The Morgan fingerprint density at radius 2 is 1.82 bits per heavy atom. The lowest BCUT2D eigenvalue weighted by molar-refractivity contribution is -0.126. The Labute approximate surface area is 169 Å². The number of carbonyl (C=O) groups excluding carboxylic acids is 1. The van der Waals surface area contributed by atoms with Crippen molar-refractivity contribution < 1.29 is 4.79 Å². The van der Waals surface area contributed by atoms with Gasteiger partial charge in [-0.2, -0.15) is 0 Å². The van der Waals surface area contributed by atoms with Crippen LogP contribution in [0.15, 0.2) is 18.3 Å². The van der Waals surface area contributed by atoms with E-state index >= 15 is 0 Å². The minimum Gasteiger partial charge on any atom is -0.348 e. The fourth-order valence-electron chi connectivity index (χ4n) is 5.15. The van der Waals surface area contributed by atoms with E-state index in [-0.39, 0.29) is 11.8 Å². The van der Waals surface area contributed by atoms with Crippen LogP contribution in [0.4, 0.5) is 5.82 Å². The van der Waals surface area contributed by atoms with Crippen LogP contribution >= 0.6 is 0 Å². The average Bonchev–Trinajstić information content (AvgIpc) is 2.96. The predicted molar refractivity (Wildman–Crippen MR) is 113 cm³/mol. The molecule has 0 N–H and O–H groups in total. The highest BCUT2D eigenvalue weighted by Gasteiger charge is 2.41. The highest BCUT2D eigenvalue weighted by atomic mass is 16.1. The van der Waals surface area contributed by atoms with Crippen LogP contribution in [0.1, 0.15) is 65.6 Å². The molecule has 2 saturated heterocycles. The van der Waals surface area contributed by atoms with Crippen LogP contribution in [0, 0.1) is 11.8 Å². The second-order valence-electron chi connectivity index (χ2n) is 9.34. The Morgan fingerprint density at radius 1 is 1.11 bits per heavy atom. The number of aromatic nitrogens is 2. The normalized spacial score (nSPS) is 28.1. The Bertz CT molecular complexity index is 743. The largest absolute Gasteiger partial charge is 0.348 e. The minimum atomic E-state index is 0.125. The number of likely N-dealkylation sites (tertiary alicyclic amines) is 1. The first-order chi connectivity index (χ1) is 13.4. The van der Waals surface area contributed by atoms with Gasteiger partial charge in [0.1, 0.15) is 11.6 Å². The number of anilines is 1. The van der Waals surface area contributed by atoms with Gasteiger partial charge in [-0.15, -0.1) is 0 Å². The van der Waals surface area contributed by atoms with E-state index < -0.39 is 0 Å². The molecule has 0 amide bonds. The van der Waals surface area contributed by atoms with Crippen molar-refractivity contribution in [3.8, 4) is 0 Å². The number of fused-ring (bicyclic) bond motifs is 2. The number of allylic oxidation sites excluding steroid dienone is 2. The lowest BCUT2D eigenvalue weighted by Crippen LogP contribution is -2.55. The van der Waals surface area contributed by atoms with Gasteiger partial charge in [-0.1, -0.05) is 19.9 Å². The van der Waals surface area contributed by atoms with Crippen LogP contribution in [0.2, 0.25) is 0 Å². The summed E-state index contributed by atoms with van der Waals surface area (Å²) in [4.78, 5) is 27.0. The molecular formula is C23H34N4O. The van der Waals surface area contributed by atoms with Crippen LogP contribution in [0.5, 0.6) is 0 Å². The molecule has 0 saturated carbocycles. The van der Waals surface area contributed by atoms with E-state index in [4.69, 9.17) is 4.98 Å². The third-order valence-electron chi connectivity index (χ3n) is 6.82. The third-order valence-corrected chi connectivity index (χ3v) is 6.82. The van der Waals surface area contributed by atoms with Gasteiger partial charge in [-0.3, -0.25) is 9.69 Å². The summed E-state index contributed by atoms with van der Waals surface area (Å²) in [6.45, 7) is 10.9. The molecule has 3 aliphatic rings. The minimum absolute atomic E-state index is 0.125. The first-order valence-electron chi connectivity index (χ1n) is 11.0. The van der Waals surface area contributed by atoms with E-state index in [0.717, 1.165) is 44.0 Å². The molecular weight excluding hydrogens is 348 g/mol. The van der Waals surface area contributed by atoms with Crippen LogP contribution in [0.3, 0.4) is 0 Å². The summed E-state index contributed by atoms with van der Waals surface area (Å²) in [5.41, 5.74) is 1.21. The maximum Gasteiger partial charge on any atom is 0.157 e. The van der Waals surface area contributed by atoms with E-state index in [1.165, 1.54) is 18.4 Å². The summed E-state index contributed by atoms with van der Waals surface area (Å²) >= 11 is 0. The van der Waals surface area contributed by atoms with E-state index in [2.05, 4.69) is 40.8 Å². The second-order valence-corrected chi connectivity index (χ2v) is 9.34. The molecule has 1 aromatic heterocycles. The molecule has 5 heteroatoms. The second kappa shape index (κ2) is 7.94. The smallest absolute Gasteiger partial charge is 0.157 e. The third kappa shape index (κ3) is 3.73. The van der Waals surface area contributed by atoms with Crippen molar-refractivity contribution in [1.29, 1.82) is 0 Å². The maximum absolute atomic E-state index is 12.3. The molecule has 2 fully saturated rings. The molecule has 2 aliphatic heterocycles. The molecule has 3 unspecified atom stereocenters. The zero-order chi connectivity index (χ0) is 19.8. The molecule has 1 aromatic rings. The first-order valence-corrected chi connectivity index (χ1v) is 11.0. The van der Waals surface area contributed by atoms with E-state index in [9.17, 15) is 4.79 Å². The van der Waals surface area contributed by atoms with Crippen LogP contribution < -0.4 is 4.90 Å². The number of nitrogens with zero attached hydrogens (tertiary/aromatic N) is 4. The van der Waals surface area contributed by atoms with Gasteiger partial charge in [0, 0.05) is 49.2 Å². The summed E-state index contributed by atoms with van der Waals surface area (Å²) < 4.78 is 0. The predicted octanol–water partition coefficient (Wildman–Crippen LogP) is 3.95. The van der Waals surface area contributed by atoms with Crippen molar-refractivity contribution in [2.75, 3.05) is 18.0 Å². The first kappa shape index (κ1) is 19.6. The summed E-state index contributed by atoms with van der Waals surface area (Å²) in [6.07, 6.45) is 9.30. The monoisotopic (exact) mass is 382 g/mol. The van der Waals surface area contributed by atoms with Crippen LogP contribution in [-0.4, -0.2) is 51.9 Å². The van der Waals surface area contributed by atoms with Gasteiger partial charge in [-0.05, 0) is 57.6 Å². The Morgan fingerprint density at radius 3 is 2.39 bits per heavy atom. The number of rotatable bonds is 5. The topological polar surface area (TPSA) is 49.3 Å². The van der Waals surface area contributed by atoms with Gasteiger partial charge >= 0.3 is 0 Å². The molecule has 0 spiro atoms. The zero-order valence-corrected chi connectivity index (χ0v) is 17.8. The van der Waals surface area contributed by atoms with E-state index in [1.54, 1.807) is 0 Å². The molecule has 1 aliphatic carbocycles. The van der Waals surface area contributed by atoms with Gasteiger partial charge in [0.25, 0.3) is 0 Å². The van der Waals surface area contributed by atoms with Crippen molar-refractivity contribution in [2.45, 2.75) is 77.9 Å². The van der Waals surface area contributed by atoms with Crippen molar-refractivity contribution in [1.82, 2.24) is 14.9 Å². The Kier molecular flexibility index (Phi) is 5.55. The molecule has 3 atom stereocenters. The molecule has 28 heavy (non-hydrogen) atoms. The summed E-state index contributed by atoms with van der Waals surface area (Å²) in [6, 6.07) is 3.82. The molecule has 152 valence electrons. The number of hydrogen-bond donors (Lipinski definition) is 0. The van der Waals surface area contributed by atoms with Gasteiger partial charge in [0.15, 0.2) is 5.82 Å². The summed E-state index contributed by atoms with van der Waals surface area (Å²) in [5.74, 6) is 2.64. The molecule has 0 aromatic carbocycles. The van der Waals surface area contributed by atoms with Gasteiger partial charge in [0.05, 0.1) is 0 Å².